The van der Waals surface area contributed by atoms with Crippen molar-refractivity contribution in [3.05, 3.63) is 89.5 Å². The van der Waals surface area contributed by atoms with Gasteiger partial charge in [-0.1, -0.05) is 24.3 Å². The van der Waals surface area contributed by atoms with E-state index in [1.807, 2.05) is 13.8 Å². The third kappa shape index (κ3) is 6.73. The van der Waals surface area contributed by atoms with Gasteiger partial charge in [-0.3, -0.25) is 25.8 Å². The molecule has 0 aliphatic rings. The van der Waals surface area contributed by atoms with Gasteiger partial charge in [-0.2, -0.15) is 0 Å². The molecule has 182 valence electrons. The first kappa shape index (κ1) is 25.1. The number of hydrogen-bond donors (Lipinski definition) is 5. The van der Waals surface area contributed by atoms with Crippen molar-refractivity contribution >= 4 is 23.3 Å². The van der Waals surface area contributed by atoms with Gasteiger partial charge in [0.25, 0.3) is 11.8 Å². The summed E-state index contributed by atoms with van der Waals surface area (Å²) in [5.41, 5.74) is 12.6. The highest BCUT2D eigenvalue weighted by molar-refractivity contribution is 5.97. The van der Waals surface area contributed by atoms with Crippen molar-refractivity contribution in [2.24, 2.45) is 5.73 Å². The normalized spacial score (nSPS) is 11.3. The van der Waals surface area contributed by atoms with Crippen LogP contribution in [0.3, 0.4) is 0 Å². The second-order valence-corrected chi connectivity index (χ2v) is 7.95. The Morgan fingerprint density at radius 3 is 2.17 bits per heavy atom. The number of anilines is 1. The SMILES string of the molecule is COc1cc(C(Nc2ccc(C(=N)N)cc2)C(=O)NNC(=O)c2ccccc2)ccc1OC(C)C. The number of ether oxygens (including phenoxy) is 2. The van der Waals surface area contributed by atoms with Crippen molar-refractivity contribution in [2.75, 3.05) is 12.4 Å². The van der Waals surface area contributed by atoms with Crippen molar-refractivity contribution in [3.63, 3.8) is 0 Å². The highest BCUT2D eigenvalue weighted by atomic mass is 16.5. The minimum Gasteiger partial charge on any atom is -0.493 e. The van der Waals surface area contributed by atoms with Crippen molar-refractivity contribution in [3.8, 4) is 11.5 Å². The predicted octanol–water partition coefficient (Wildman–Crippen LogP) is 3.38. The van der Waals surface area contributed by atoms with E-state index in [-0.39, 0.29) is 11.9 Å². The molecule has 3 rings (SSSR count). The first-order valence-electron chi connectivity index (χ1n) is 11.0. The minimum absolute atomic E-state index is 0.0556. The van der Waals surface area contributed by atoms with Gasteiger partial charge in [0.05, 0.1) is 13.2 Å². The highest BCUT2D eigenvalue weighted by Gasteiger charge is 2.23. The average molecular weight is 476 g/mol. The smallest absolute Gasteiger partial charge is 0.269 e. The van der Waals surface area contributed by atoms with Crippen LogP contribution in [0, 0.1) is 5.41 Å². The molecule has 0 bridgehead atoms. The molecule has 3 aromatic rings. The lowest BCUT2D eigenvalue weighted by Crippen LogP contribution is -2.45. The first-order valence-corrected chi connectivity index (χ1v) is 11.0. The molecule has 0 heterocycles. The van der Waals surface area contributed by atoms with Crippen LogP contribution in [0.4, 0.5) is 5.69 Å². The van der Waals surface area contributed by atoms with Gasteiger partial charge in [-0.15, -0.1) is 0 Å². The molecular formula is C26H29N5O4. The number of carbonyl (C=O) groups is 2. The van der Waals surface area contributed by atoms with Crippen LogP contribution < -0.4 is 31.4 Å². The summed E-state index contributed by atoms with van der Waals surface area (Å²) in [4.78, 5) is 25.6. The Bertz CT molecular complexity index is 1180. The number of nitrogen functional groups attached to an aromatic ring is 1. The number of hydrogen-bond acceptors (Lipinski definition) is 6. The number of amides is 2. The Hall–Kier alpha value is -4.53. The molecule has 2 amide bonds. The highest BCUT2D eigenvalue weighted by Crippen LogP contribution is 2.32. The van der Waals surface area contributed by atoms with Gasteiger partial charge >= 0.3 is 0 Å². The average Bonchev–Trinajstić information content (AvgIpc) is 2.86. The molecule has 6 N–H and O–H groups in total. The van der Waals surface area contributed by atoms with Crippen LogP contribution in [0.2, 0.25) is 0 Å². The molecule has 0 aliphatic heterocycles. The Morgan fingerprint density at radius 2 is 1.57 bits per heavy atom. The van der Waals surface area contributed by atoms with E-state index in [2.05, 4.69) is 16.2 Å². The van der Waals surface area contributed by atoms with E-state index in [9.17, 15) is 9.59 Å². The molecular weight excluding hydrogens is 446 g/mol. The summed E-state index contributed by atoms with van der Waals surface area (Å²) in [6.45, 7) is 3.82. The molecule has 0 spiro atoms. The number of benzene rings is 3. The second-order valence-electron chi connectivity index (χ2n) is 7.95. The molecule has 0 saturated heterocycles. The maximum absolute atomic E-state index is 13.2. The fourth-order valence-electron chi connectivity index (χ4n) is 3.28. The number of hydrazine groups is 1. The van der Waals surface area contributed by atoms with Crippen molar-refractivity contribution in [1.82, 2.24) is 10.9 Å². The maximum Gasteiger partial charge on any atom is 0.269 e. The zero-order chi connectivity index (χ0) is 25.4. The second kappa shape index (κ2) is 11.6. The number of methoxy groups -OCH3 is 1. The summed E-state index contributed by atoms with van der Waals surface area (Å²) in [6, 6.07) is 19.6. The summed E-state index contributed by atoms with van der Waals surface area (Å²) < 4.78 is 11.3. The number of nitrogens with one attached hydrogen (secondary N) is 4. The van der Waals surface area contributed by atoms with Gasteiger partial charge in [0.15, 0.2) is 11.5 Å². The van der Waals surface area contributed by atoms with Gasteiger partial charge in [-0.25, -0.2) is 0 Å². The van der Waals surface area contributed by atoms with Gasteiger partial charge in [0, 0.05) is 16.8 Å². The Kier molecular flexibility index (Phi) is 8.29. The van der Waals surface area contributed by atoms with Crippen LogP contribution in [-0.2, 0) is 4.79 Å². The minimum atomic E-state index is -0.892. The third-order valence-corrected chi connectivity index (χ3v) is 4.99. The Balaban J connectivity index is 1.86. The molecule has 3 aromatic carbocycles. The summed E-state index contributed by atoms with van der Waals surface area (Å²) in [6.07, 6.45) is -0.0556. The van der Waals surface area contributed by atoms with Crippen molar-refractivity contribution < 1.29 is 19.1 Å². The molecule has 9 heteroatoms. The largest absolute Gasteiger partial charge is 0.493 e. The van der Waals surface area contributed by atoms with Crippen molar-refractivity contribution in [2.45, 2.75) is 26.0 Å². The van der Waals surface area contributed by atoms with Crippen LogP contribution in [-0.4, -0.2) is 30.9 Å². The van der Waals surface area contributed by atoms with Crippen LogP contribution in [0.1, 0.15) is 41.4 Å². The van der Waals surface area contributed by atoms with Crippen LogP contribution in [0.15, 0.2) is 72.8 Å². The lowest BCUT2D eigenvalue weighted by Gasteiger charge is -2.22. The summed E-state index contributed by atoms with van der Waals surface area (Å²) in [5, 5.41) is 10.7. The Morgan fingerprint density at radius 1 is 0.886 bits per heavy atom. The predicted molar refractivity (Wildman–Crippen MR) is 135 cm³/mol. The number of carbonyl (C=O) groups excluding carboxylic acids is 2. The fraction of sp³-hybridized carbons (Fsp3) is 0.192. The standard InChI is InChI=1S/C26H29N5O4/c1-16(2)35-21-14-11-19(15-22(21)34-3)23(29-20-12-9-17(10-13-20)24(27)28)26(33)31-30-25(32)18-7-5-4-6-8-18/h4-16,23,29H,1-3H3,(H3,27,28)(H,30,32)(H,31,33). The molecule has 0 aliphatic carbocycles. The summed E-state index contributed by atoms with van der Waals surface area (Å²) >= 11 is 0. The number of amidine groups is 1. The van der Waals surface area contributed by atoms with E-state index < -0.39 is 17.9 Å². The summed E-state index contributed by atoms with van der Waals surface area (Å²) in [7, 11) is 1.52. The van der Waals surface area contributed by atoms with E-state index in [1.54, 1.807) is 72.8 Å². The zero-order valence-corrected chi connectivity index (χ0v) is 19.8. The lowest BCUT2D eigenvalue weighted by molar-refractivity contribution is -0.122. The van der Waals surface area contributed by atoms with Crippen molar-refractivity contribution in [1.29, 1.82) is 5.41 Å². The van der Waals surface area contributed by atoms with Gasteiger partial charge in [-0.05, 0) is 67.9 Å². The fourth-order valence-corrected chi connectivity index (χ4v) is 3.28. The molecule has 0 saturated carbocycles. The molecule has 0 aromatic heterocycles. The Labute approximate surface area is 204 Å². The molecule has 0 radical (unpaired) electrons. The van der Waals surface area contributed by atoms with Gasteiger partial charge < -0.3 is 20.5 Å². The molecule has 1 unspecified atom stereocenters. The van der Waals surface area contributed by atoms with Gasteiger partial charge in [0.2, 0.25) is 0 Å². The monoisotopic (exact) mass is 475 g/mol. The van der Waals surface area contributed by atoms with Crippen LogP contribution in [0.5, 0.6) is 11.5 Å². The quantitative estimate of drug-likeness (QED) is 0.183. The van der Waals surface area contributed by atoms with E-state index in [0.717, 1.165) is 0 Å². The van der Waals surface area contributed by atoms with Gasteiger partial charge in [0.1, 0.15) is 11.9 Å². The number of nitrogens with two attached hydrogens (primary N) is 1. The third-order valence-electron chi connectivity index (χ3n) is 4.99. The lowest BCUT2D eigenvalue weighted by atomic mass is 10.0. The molecule has 9 nitrogen and oxygen atoms in total. The molecule has 1 atom stereocenters. The van der Waals surface area contributed by atoms with E-state index in [4.69, 9.17) is 20.6 Å². The zero-order valence-electron chi connectivity index (χ0n) is 19.8. The molecule has 0 fully saturated rings. The van der Waals surface area contributed by atoms with E-state index in [0.29, 0.717) is 33.9 Å². The van der Waals surface area contributed by atoms with Crippen LogP contribution >= 0.6 is 0 Å². The molecule has 35 heavy (non-hydrogen) atoms. The topological polar surface area (TPSA) is 139 Å². The number of rotatable bonds is 9. The summed E-state index contributed by atoms with van der Waals surface area (Å²) in [5.74, 6) is 0.0240. The van der Waals surface area contributed by atoms with E-state index in [1.165, 1.54) is 7.11 Å². The maximum atomic E-state index is 13.2. The van der Waals surface area contributed by atoms with E-state index >= 15 is 0 Å². The first-order chi connectivity index (χ1) is 16.8. The van der Waals surface area contributed by atoms with Crippen LogP contribution in [0.25, 0.3) is 0 Å².